The van der Waals surface area contributed by atoms with E-state index in [9.17, 15) is 0 Å². The van der Waals surface area contributed by atoms with Crippen molar-refractivity contribution in [3.63, 3.8) is 0 Å². The number of benzene rings is 1. The lowest BCUT2D eigenvalue weighted by Gasteiger charge is -2.13. The highest BCUT2D eigenvalue weighted by molar-refractivity contribution is 6.55. The standard InChI is InChI=1S/C11H7Cl5O/c1-3-5(2)4-17-11-9(15)7(13)6(12)8(14)10(11)16/h3H,1-2,4H2. The first-order valence-corrected chi connectivity index (χ1v) is 6.23. The molecule has 0 aromatic heterocycles. The van der Waals surface area contributed by atoms with Gasteiger partial charge in [0.1, 0.15) is 16.7 Å². The van der Waals surface area contributed by atoms with Crippen molar-refractivity contribution in [3.8, 4) is 5.75 Å². The van der Waals surface area contributed by atoms with Crippen LogP contribution in [0.25, 0.3) is 0 Å². The van der Waals surface area contributed by atoms with Gasteiger partial charge in [-0.3, -0.25) is 0 Å². The van der Waals surface area contributed by atoms with Crippen molar-refractivity contribution in [1.82, 2.24) is 0 Å². The zero-order valence-corrected chi connectivity index (χ0v) is 12.3. The molecule has 0 spiro atoms. The van der Waals surface area contributed by atoms with Crippen molar-refractivity contribution >= 4 is 58.0 Å². The molecule has 0 aliphatic carbocycles. The minimum Gasteiger partial charge on any atom is -0.486 e. The Morgan fingerprint density at radius 1 is 0.941 bits per heavy atom. The fourth-order valence-corrected chi connectivity index (χ4v) is 2.17. The van der Waals surface area contributed by atoms with Crippen LogP contribution in [-0.4, -0.2) is 6.61 Å². The van der Waals surface area contributed by atoms with E-state index in [0.29, 0.717) is 5.57 Å². The first-order chi connectivity index (χ1) is 7.90. The van der Waals surface area contributed by atoms with Crippen molar-refractivity contribution in [3.05, 3.63) is 49.9 Å². The van der Waals surface area contributed by atoms with Gasteiger partial charge in [-0.1, -0.05) is 77.2 Å². The molecule has 0 aliphatic rings. The monoisotopic (exact) mass is 330 g/mol. The van der Waals surface area contributed by atoms with E-state index in [2.05, 4.69) is 13.2 Å². The smallest absolute Gasteiger partial charge is 0.160 e. The summed E-state index contributed by atoms with van der Waals surface area (Å²) in [7, 11) is 0. The molecule has 0 heterocycles. The Kier molecular flexibility index (Phi) is 5.49. The second kappa shape index (κ2) is 6.21. The van der Waals surface area contributed by atoms with Crippen LogP contribution >= 0.6 is 58.0 Å². The lowest BCUT2D eigenvalue weighted by molar-refractivity contribution is 0.356. The summed E-state index contributed by atoms with van der Waals surface area (Å²) in [5.74, 6) is 0.177. The number of hydrogen-bond acceptors (Lipinski definition) is 1. The van der Waals surface area contributed by atoms with Crippen molar-refractivity contribution < 1.29 is 4.74 Å². The van der Waals surface area contributed by atoms with E-state index < -0.39 is 0 Å². The normalized spacial score (nSPS) is 10.2. The SMILES string of the molecule is C=CC(=C)COc1c(Cl)c(Cl)c(Cl)c(Cl)c1Cl. The maximum Gasteiger partial charge on any atom is 0.160 e. The van der Waals surface area contributed by atoms with Crippen LogP contribution in [0.2, 0.25) is 25.1 Å². The van der Waals surface area contributed by atoms with E-state index in [4.69, 9.17) is 62.7 Å². The molecule has 0 saturated carbocycles. The molecule has 0 aliphatic heterocycles. The van der Waals surface area contributed by atoms with Crippen LogP contribution in [0.15, 0.2) is 24.8 Å². The molecule has 0 amide bonds. The van der Waals surface area contributed by atoms with Gasteiger partial charge in [0, 0.05) is 0 Å². The lowest BCUT2D eigenvalue weighted by atomic mass is 10.3. The minimum atomic E-state index is 0.0956. The van der Waals surface area contributed by atoms with E-state index in [1.165, 1.54) is 0 Å². The average Bonchev–Trinajstić information content (AvgIpc) is 2.33. The van der Waals surface area contributed by atoms with E-state index in [1.807, 2.05) is 0 Å². The molecule has 92 valence electrons. The van der Waals surface area contributed by atoms with Crippen molar-refractivity contribution in [2.75, 3.05) is 6.61 Å². The topological polar surface area (TPSA) is 9.23 Å². The Morgan fingerprint density at radius 3 is 1.76 bits per heavy atom. The molecule has 1 aromatic carbocycles. The Labute approximate surface area is 125 Å². The van der Waals surface area contributed by atoms with Crippen LogP contribution in [0, 0.1) is 0 Å². The van der Waals surface area contributed by atoms with Crippen LogP contribution in [0.3, 0.4) is 0 Å². The summed E-state index contributed by atoms with van der Waals surface area (Å²) >= 11 is 29.5. The molecule has 0 unspecified atom stereocenters. The van der Waals surface area contributed by atoms with Crippen LogP contribution in [0.1, 0.15) is 0 Å². The summed E-state index contributed by atoms with van der Waals surface area (Å²) < 4.78 is 5.37. The first kappa shape index (κ1) is 15.0. The molecule has 0 saturated heterocycles. The molecule has 0 radical (unpaired) electrons. The van der Waals surface area contributed by atoms with Gasteiger partial charge in [-0.15, -0.1) is 0 Å². The van der Waals surface area contributed by atoms with Gasteiger partial charge in [0.15, 0.2) is 5.75 Å². The van der Waals surface area contributed by atoms with Gasteiger partial charge in [0.05, 0.1) is 15.1 Å². The van der Waals surface area contributed by atoms with Gasteiger partial charge in [-0.25, -0.2) is 0 Å². The Balaban J connectivity index is 3.16. The molecule has 0 fully saturated rings. The largest absolute Gasteiger partial charge is 0.486 e. The molecule has 0 atom stereocenters. The summed E-state index contributed by atoms with van der Waals surface area (Å²) in [6, 6.07) is 0. The van der Waals surface area contributed by atoms with Gasteiger partial charge >= 0.3 is 0 Å². The molecular formula is C11H7Cl5O. The van der Waals surface area contributed by atoms with Crippen LogP contribution in [0.5, 0.6) is 5.75 Å². The zero-order valence-electron chi connectivity index (χ0n) is 8.50. The Hall–Kier alpha value is -0.0500. The highest BCUT2D eigenvalue weighted by atomic mass is 35.5. The molecule has 1 aromatic rings. The number of rotatable bonds is 4. The van der Waals surface area contributed by atoms with E-state index in [1.54, 1.807) is 6.08 Å². The maximum atomic E-state index is 5.96. The van der Waals surface area contributed by atoms with Crippen molar-refractivity contribution in [1.29, 1.82) is 0 Å². The second-order valence-corrected chi connectivity index (χ2v) is 4.94. The van der Waals surface area contributed by atoms with Gasteiger partial charge in [0.2, 0.25) is 0 Å². The summed E-state index contributed by atoms with van der Waals surface area (Å²) in [5.41, 5.74) is 0.666. The third-order valence-corrected chi connectivity index (χ3v) is 4.10. The first-order valence-electron chi connectivity index (χ1n) is 4.34. The molecule has 6 heteroatoms. The number of hydrogen-bond donors (Lipinski definition) is 0. The minimum absolute atomic E-state index is 0.0956. The predicted molar refractivity (Wildman–Crippen MR) is 76.3 cm³/mol. The fraction of sp³-hybridized carbons (Fsp3) is 0.0909. The number of ether oxygens (including phenoxy) is 1. The van der Waals surface area contributed by atoms with Crippen molar-refractivity contribution in [2.24, 2.45) is 0 Å². The van der Waals surface area contributed by atoms with E-state index >= 15 is 0 Å². The second-order valence-electron chi connectivity index (χ2n) is 3.05. The average molecular weight is 332 g/mol. The van der Waals surface area contributed by atoms with Gasteiger partial charge < -0.3 is 4.74 Å². The Morgan fingerprint density at radius 2 is 1.35 bits per heavy atom. The predicted octanol–water partition coefficient (Wildman–Crippen LogP) is 6.07. The van der Waals surface area contributed by atoms with Gasteiger partial charge in [-0.2, -0.15) is 0 Å². The number of halogens is 5. The summed E-state index contributed by atoms with van der Waals surface area (Å²) in [6.07, 6.45) is 1.56. The molecular weight excluding hydrogens is 325 g/mol. The van der Waals surface area contributed by atoms with Gasteiger partial charge in [-0.05, 0) is 5.57 Å². The van der Waals surface area contributed by atoms with Crippen LogP contribution in [-0.2, 0) is 0 Å². The lowest BCUT2D eigenvalue weighted by Crippen LogP contribution is -2.00. The third-order valence-electron chi connectivity index (χ3n) is 1.86. The van der Waals surface area contributed by atoms with Crippen LogP contribution < -0.4 is 4.74 Å². The van der Waals surface area contributed by atoms with Crippen molar-refractivity contribution in [2.45, 2.75) is 0 Å². The van der Waals surface area contributed by atoms with E-state index in [-0.39, 0.29) is 37.5 Å². The Bertz CT molecular complexity index is 452. The molecule has 0 N–H and O–H groups in total. The summed E-state index contributed by atoms with van der Waals surface area (Å²) in [4.78, 5) is 0. The quantitative estimate of drug-likeness (QED) is 0.369. The highest BCUT2D eigenvalue weighted by Gasteiger charge is 2.20. The summed E-state index contributed by atoms with van der Waals surface area (Å²) in [6.45, 7) is 7.41. The summed E-state index contributed by atoms with van der Waals surface area (Å²) in [5, 5.41) is 0.521. The highest BCUT2D eigenvalue weighted by Crippen LogP contribution is 2.48. The zero-order chi connectivity index (χ0) is 13.2. The molecule has 1 nitrogen and oxygen atoms in total. The van der Waals surface area contributed by atoms with E-state index in [0.717, 1.165) is 0 Å². The van der Waals surface area contributed by atoms with Crippen LogP contribution in [0.4, 0.5) is 0 Å². The molecule has 0 bridgehead atoms. The third kappa shape index (κ3) is 3.24. The molecule has 17 heavy (non-hydrogen) atoms. The molecule has 1 rings (SSSR count). The fourth-order valence-electron chi connectivity index (χ4n) is 0.935. The van der Waals surface area contributed by atoms with Gasteiger partial charge in [0.25, 0.3) is 0 Å². The maximum absolute atomic E-state index is 5.96.